The summed E-state index contributed by atoms with van der Waals surface area (Å²) in [5.74, 6) is 1.31. The minimum atomic E-state index is -0.516. The van der Waals surface area contributed by atoms with Gasteiger partial charge in [-0.25, -0.2) is 4.98 Å². The van der Waals surface area contributed by atoms with Crippen LogP contribution in [0, 0.1) is 0 Å². The molecule has 7 nitrogen and oxygen atoms in total. The van der Waals surface area contributed by atoms with Gasteiger partial charge in [-0.3, -0.25) is 14.6 Å². The zero-order valence-electron chi connectivity index (χ0n) is 25.1. The second kappa shape index (κ2) is 10.6. The van der Waals surface area contributed by atoms with Crippen LogP contribution in [-0.4, -0.2) is 30.8 Å². The van der Waals surface area contributed by atoms with E-state index in [0.717, 1.165) is 58.6 Å². The van der Waals surface area contributed by atoms with Crippen LogP contribution in [0.15, 0.2) is 66.9 Å². The lowest BCUT2D eigenvalue weighted by atomic mass is 9.75. The molecule has 218 valence electrons. The number of carbonyl (C=O) groups is 2. The van der Waals surface area contributed by atoms with Crippen molar-refractivity contribution in [3.8, 4) is 11.4 Å². The summed E-state index contributed by atoms with van der Waals surface area (Å²) in [6.07, 6.45) is 12.9. The Morgan fingerprint density at radius 3 is 2.47 bits per heavy atom. The summed E-state index contributed by atoms with van der Waals surface area (Å²) in [7, 11) is 4.11. The first-order valence-corrected chi connectivity index (χ1v) is 15.4. The van der Waals surface area contributed by atoms with Crippen LogP contribution in [0.4, 0.5) is 0 Å². The quantitative estimate of drug-likeness (QED) is 0.210. The molecule has 0 atom stereocenters. The van der Waals surface area contributed by atoms with E-state index in [2.05, 4.69) is 33.6 Å². The van der Waals surface area contributed by atoms with Crippen molar-refractivity contribution in [3.05, 3.63) is 89.4 Å². The van der Waals surface area contributed by atoms with Gasteiger partial charge in [0.2, 0.25) is 0 Å². The number of rotatable bonds is 7. The van der Waals surface area contributed by atoms with Gasteiger partial charge in [-0.05, 0) is 98.5 Å². The lowest BCUT2D eigenvalue weighted by molar-refractivity contribution is -0.112. The summed E-state index contributed by atoms with van der Waals surface area (Å²) in [6, 6.07) is 18.2. The monoisotopic (exact) mass is 571 g/mol. The maximum atomic E-state index is 13.9. The van der Waals surface area contributed by atoms with Gasteiger partial charge in [-0.15, -0.1) is 0 Å². The summed E-state index contributed by atoms with van der Waals surface area (Å²) >= 11 is 0. The van der Waals surface area contributed by atoms with E-state index in [-0.39, 0.29) is 11.7 Å². The number of fused-ring (bicyclic) bond motifs is 2. The van der Waals surface area contributed by atoms with E-state index in [4.69, 9.17) is 9.97 Å². The number of amides is 1. The molecule has 0 radical (unpaired) electrons. The van der Waals surface area contributed by atoms with Gasteiger partial charge in [0.05, 0.1) is 28.0 Å². The van der Waals surface area contributed by atoms with Crippen molar-refractivity contribution in [2.24, 2.45) is 14.1 Å². The largest absolute Gasteiger partial charge is 0.342 e. The number of carbonyl (C=O) groups excluding carboxylic acids is 2. The Labute approximate surface area is 251 Å². The van der Waals surface area contributed by atoms with Crippen LogP contribution in [0.2, 0.25) is 0 Å². The van der Waals surface area contributed by atoms with E-state index >= 15 is 0 Å². The first-order valence-electron chi connectivity index (χ1n) is 15.4. The predicted molar refractivity (Wildman–Crippen MR) is 171 cm³/mol. The van der Waals surface area contributed by atoms with Gasteiger partial charge in [0.15, 0.2) is 5.78 Å². The standard InChI is InChI=1S/C36H37N5O2/c1-23(42)12-13-24-14-17-28-31(21-24)41(3)35(38-28)36(18-8-19-36)39-34(43)26-15-16-27-30(22-26)40(2)33(29-11-6-7-20-37-29)32(27)25-9-4-5-10-25/h6-7,11-17,20-22,25H,4-5,8-10,18-19H2,1-3H3,(H,39,43)/b13-12+. The van der Waals surface area contributed by atoms with Crippen LogP contribution in [-0.2, 0) is 24.4 Å². The summed E-state index contributed by atoms with van der Waals surface area (Å²) in [4.78, 5) is 35.1. The lowest BCUT2D eigenvalue weighted by Crippen LogP contribution is -2.52. The predicted octanol–water partition coefficient (Wildman–Crippen LogP) is 7.20. The summed E-state index contributed by atoms with van der Waals surface area (Å²) < 4.78 is 4.32. The normalized spacial score (nSPS) is 16.7. The molecule has 0 bridgehead atoms. The molecule has 1 amide bonds. The number of allylic oxidation sites excluding steroid dienone is 1. The number of pyridine rings is 1. The number of hydrogen-bond acceptors (Lipinski definition) is 4. The molecular formula is C36H37N5O2. The fraction of sp³-hybridized carbons (Fsp3) is 0.333. The first-order chi connectivity index (χ1) is 20.8. The highest BCUT2D eigenvalue weighted by molar-refractivity contribution is 6.01. The third-order valence-electron chi connectivity index (χ3n) is 9.58. The molecule has 2 fully saturated rings. The molecule has 3 aromatic heterocycles. The van der Waals surface area contributed by atoms with Crippen LogP contribution in [0.5, 0.6) is 0 Å². The minimum absolute atomic E-state index is 0.0122. The number of benzene rings is 2. The fourth-order valence-electron chi connectivity index (χ4n) is 7.22. The maximum absolute atomic E-state index is 13.9. The Morgan fingerprint density at radius 1 is 0.953 bits per heavy atom. The van der Waals surface area contributed by atoms with E-state index in [1.807, 2.05) is 61.8 Å². The number of aryl methyl sites for hydroxylation is 2. The molecule has 43 heavy (non-hydrogen) atoms. The van der Waals surface area contributed by atoms with Crippen molar-refractivity contribution >= 4 is 39.7 Å². The molecule has 0 spiro atoms. The fourth-order valence-corrected chi connectivity index (χ4v) is 7.22. The van der Waals surface area contributed by atoms with Crippen molar-refractivity contribution in [3.63, 3.8) is 0 Å². The molecule has 1 N–H and O–H groups in total. The van der Waals surface area contributed by atoms with Gasteiger partial charge in [0.1, 0.15) is 5.82 Å². The SMILES string of the molecule is CC(=O)/C=C/c1ccc2nc(C3(NC(=O)c4ccc5c(C6CCCC6)c(-c6ccccn6)n(C)c5c4)CCC3)n(C)c2c1. The maximum Gasteiger partial charge on any atom is 0.252 e. The van der Waals surface area contributed by atoms with Crippen LogP contribution in [0.25, 0.3) is 39.4 Å². The number of nitrogens with one attached hydrogen (secondary N) is 1. The Bertz CT molecular complexity index is 1900. The highest BCUT2D eigenvalue weighted by atomic mass is 16.2. The molecule has 0 saturated heterocycles. The van der Waals surface area contributed by atoms with E-state index in [9.17, 15) is 9.59 Å². The zero-order valence-corrected chi connectivity index (χ0v) is 25.1. The lowest BCUT2D eigenvalue weighted by Gasteiger charge is -2.41. The average molecular weight is 572 g/mol. The number of nitrogens with zero attached hydrogens (tertiary/aromatic N) is 4. The molecule has 2 aromatic carbocycles. The van der Waals surface area contributed by atoms with E-state index in [0.29, 0.717) is 11.5 Å². The highest BCUT2D eigenvalue weighted by Gasteiger charge is 2.44. The van der Waals surface area contributed by atoms with Crippen molar-refractivity contribution < 1.29 is 9.59 Å². The van der Waals surface area contributed by atoms with Crippen molar-refractivity contribution in [2.75, 3.05) is 0 Å². The molecule has 0 unspecified atom stereocenters. The van der Waals surface area contributed by atoms with Crippen molar-refractivity contribution in [1.82, 2.24) is 24.4 Å². The Morgan fingerprint density at radius 2 is 1.77 bits per heavy atom. The van der Waals surface area contributed by atoms with Crippen LogP contribution < -0.4 is 5.32 Å². The molecule has 7 rings (SSSR count). The molecular weight excluding hydrogens is 534 g/mol. The number of aromatic nitrogens is 4. The molecule has 2 aliphatic carbocycles. The van der Waals surface area contributed by atoms with Crippen LogP contribution in [0.1, 0.15) is 85.1 Å². The molecule has 3 heterocycles. The molecule has 2 saturated carbocycles. The molecule has 0 aliphatic heterocycles. The minimum Gasteiger partial charge on any atom is -0.342 e. The van der Waals surface area contributed by atoms with E-state index in [1.165, 1.54) is 36.6 Å². The molecule has 5 aromatic rings. The molecule has 7 heteroatoms. The van der Waals surface area contributed by atoms with Crippen molar-refractivity contribution in [1.29, 1.82) is 0 Å². The first kappa shape index (κ1) is 27.3. The number of ketones is 1. The third kappa shape index (κ3) is 4.67. The van der Waals surface area contributed by atoms with Gasteiger partial charge in [0, 0.05) is 36.8 Å². The summed E-state index contributed by atoms with van der Waals surface area (Å²) in [5.41, 5.74) is 7.51. The van der Waals surface area contributed by atoms with Gasteiger partial charge < -0.3 is 14.5 Å². The second-order valence-electron chi connectivity index (χ2n) is 12.3. The van der Waals surface area contributed by atoms with E-state index < -0.39 is 5.54 Å². The summed E-state index contributed by atoms with van der Waals surface area (Å²) in [6.45, 7) is 1.55. The Hall–Kier alpha value is -4.52. The Balaban J connectivity index is 1.24. The third-order valence-corrected chi connectivity index (χ3v) is 9.58. The van der Waals surface area contributed by atoms with Gasteiger partial charge in [-0.1, -0.05) is 37.1 Å². The summed E-state index contributed by atoms with van der Waals surface area (Å²) in [5, 5.41) is 4.63. The highest BCUT2D eigenvalue weighted by Crippen LogP contribution is 2.45. The topological polar surface area (TPSA) is 81.8 Å². The van der Waals surface area contributed by atoms with Gasteiger partial charge >= 0.3 is 0 Å². The number of imidazole rings is 1. The van der Waals surface area contributed by atoms with Crippen molar-refractivity contribution in [2.45, 2.75) is 63.3 Å². The zero-order chi connectivity index (χ0) is 29.7. The average Bonchev–Trinajstić information content (AvgIpc) is 3.71. The van der Waals surface area contributed by atoms with Crippen LogP contribution in [0.3, 0.4) is 0 Å². The number of hydrogen-bond donors (Lipinski definition) is 1. The van der Waals surface area contributed by atoms with Crippen LogP contribution >= 0.6 is 0 Å². The van der Waals surface area contributed by atoms with Gasteiger partial charge in [-0.2, -0.15) is 0 Å². The molecule has 2 aliphatic rings. The van der Waals surface area contributed by atoms with E-state index in [1.54, 1.807) is 13.0 Å². The smallest absolute Gasteiger partial charge is 0.252 e. The van der Waals surface area contributed by atoms with Gasteiger partial charge in [0.25, 0.3) is 5.91 Å². The Kier molecular flexibility index (Phi) is 6.76. The second-order valence-corrected chi connectivity index (χ2v) is 12.3.